The van der Waals surface area contributed by atoms with Gasteiger partial charge in [0.25, 0.3) is 0 Å². The second-order valence-electron chi connectivity index (χ2n) is 4.29. The first-order chi connectivity index (χ1) is 9.37. The molecular weight excluding hydrogens is 280 g/mol. The van der Waals surface area contributed by atoms with Crippen LogP contribution in [0.4, 0.5) is 9.59 Å². The Kier molecular flexibility index (Phi) is 8.78. The minimum Gasteiger partial charge on any atom is -0.451 e. The van der Waals surface area contributed by atoms with E-state index in [2.05, 4.69) is 22.0 Å². The molecule has 116 valence electrons. The molecule has 0 fully saturated rings. The Hall–Kier alpha value is -1.44. The van der Waals surface area contributed by atoms with Crippen molar-refractivity contribution in [3.8, 4) is 0 Å². The van der Waals surface area contributed by atoms with Crippen molar-refractivity contribution in [1.82, 2.24) is 15.1 Å². The molecule has 0 rings (SSSR count). The molecule has 20 heavy (non-hydrogen) atoms. The van der Waals surface area contributed by atoms with Crippen LogP contribution in [0.3, 0.4) is 0 Å². The molecule has 0 aliphatic heterocycles. The van der Waals surface area contributed by atoms with Gasteiger partial charge in [-0.1, -0.05) is 6.92 Å². The zero-order chi connectivity index (χ0) is 15.7. The van der Waals surface area contributed by atoms with E-state index >= 15 is 0 Å². The standard InChI is InChI=1S/C12H24N4O3S/c1-7-9(20-6)8-13-11(17)16(4)10(15(2)3)14-12(18)19-5/h9H,7-8H2,1-6H3,(H,13,17). The Morgan fingerprint density at radius 3 is 2.35 bits per heavy atom. The number of nitrogens with zero attached hydrogens (tertiary/aromatic N) is 3. The van der Waals surface area contributed by atoms with Gasteiger partial charge in [0.2, 0.25) is 5.96 Å². The predicted octanol–water partition coefficient (Wildman–Crippen LogP) is 1.45. The Balaban J connectivity index is 4.74. The first-order valence-corrected chi connectivity index (χ1v) is 7.54. The predicted molar refractivity (Wildman–Crippen MR) is 82.3 cm³/mol. The fourth-order valence-electron chi connectivity index (χ4n) is 1.41. The summed E-state index contributed by atoms with van der Waals surface area (Å²) >= 11 is 1.70. The van der Waals surface area contributed by atoms with E-state index in [0.29, 0.717) is 11.8 Å². The number of nitrogens with one attached hydrogen (secondary N) is 1. The Bertz CT molecular complexity index is 357. The van der Waals surface area contributed by atoms with E-state index in [9.17, 15) is 9.59 Å². The van der Waals surface area contributed by atoms with Gasteiger partial charge in [0.05, 0.1) is 7.11 Å². The number of urea groups is 1. The summed E-state index contributed by atoms with van der Waals surface area (Å²) in [7, 11) is 6.19. The number of amides is 3. The quantitative estimate of drug-likeness (QED) is 0.628. The van der Waals surface area contributed by atoms with E-state index in [0.717, 1.165) is 6.42 Å². The van der Waals surface area contributed by atoms with Crippen molar-refractivity contribution in [3.05, 3.63) is 0 Å². The highest BCUT2D eigenvalue weighted by atomic mass is 32.2. The summed E-state index contributed by atoms with van der Waals surface area (Å²) in [6.07, 6.45) is 2.24. The summed E-state index contributed by atoms with van der Waals surface area (Å²) in [6, 6.07) is -0.311. The normalized spacial score (nSPS) is 12.6. The molecule has 1 N–H and O–H groups in total. The number of carbonyl (C=O) groups excluding carboxylic acids is 2. The lowest BCUT2D eigenvalue weighted by atomic mass is 10.3. The first kappa shape index (κ1) is 18.6. The van der Waals surface area contributed by atoms with E-state index in [-0.39, 0.29) is 12.0 Å². The van der Waals surface area contributed by atoms with Crippen LogP contribution in [-0.4, -0.2) is 74.2 Å². The molecule has 3 amide bonds. The molecule has 0 aromatic rings. The van der Waals surface area contributed by atoms with Crippen LogP contribution in [0.15, 0.2) is 4.99 Å². The molecule has 0 saturated heterocycles. The van der Waals surface area contributed by atoms with Crippen LogP contribution in [0.2, 0.25) is 0 Å². The summed E-state index contributed by atoms with van der Waals surface area (Å²) in [5.74, 6) is 0.214. The highest BCUT2D eigenvalue weighted by Gasteiger charge is 2.19. The van der Waals surface area contributed by atoms with Crippen LogP contribution in [0, 0.1) is 0 Å². The lowest BCUT2D eigenvalue weighted by molar-refractivity contribution is 0.181. The molecule has 1 atom stereocenters. The van der Waals surface area contributed by atoms with E-state index in [1.165, 1.54) is 12.0 Å². The van der Waals surface area contributed by atoms with Gasteiger partial charge < -0.3 is 15.0 Å². The van der Waals surface area contributed by atoms with Gasteiger partial charge in [-0.25, -0.2) is 9.59 Å². The summed E-state index contributed by atoms with van der Waals surface area (Å²) in [5.41, 5.74) is 0. The summed E-state index contributed by atoms with van der Waals surface area (Å²) < 4.78 is 4.48. The van der Waals surface area contributed by atoms with Gasteiger partial charge in [-0.05, 0) is 12.7 Å². The van der Waals surface area contributed by atoms with Crippen LogP contribution in [0.5, 0.6) is 0 Å². The van der Waals surface area contributed by atoms with Crippen LogP contribution < -0.4 is 5.32 Å². The van der Waals surface area contributed by atoms with Gasteiger partial charge in [0.15, 0.2) is 0 Å². The molecule has 1 unspecified atom stereocenters. The van der Waals surface area contributed by atoms with Gasteiger partial charge in [-0.2, -0.15) is 11.8 Å². The van der Waals surface area contributed by atoms with E-state index < -0.39 is 6.09 Å². The number of aliphatic imine (C=N–C) groups is 1. The van der Waals surface area contributed by atoms with Gasteiger partial charge >= 0.3 is 12.1 Å². The molecule has 0 bridgehead atoms. The molecule has 0 aromatic carbocycles. The highest BCUT2D eigenvalue weighted by Crippen LogP contribution is 2.08. The third-order valence-electron chi connectivity index (χ3n) is 2.64. The van der Waals surface area contributed by atoms with E-state index in [4.69, 9.17) is 0 Å². The Morgan fingerprint density at radius 2 is 1.95 bits per heavy atom. The van der Waals surface area contributed by atoms with Crippen LogP contribution in [0.1, 0.15) is 13.3 Å². The SMILES string of the molecule is CCC(CNC(=O)N(C)C(=NC(=O)OC)N(C)C)SC. The monoisotopic (exact) mass is 304 g/mol. The maximum Gasteiger partial charge on any atom is 0.436 e. The summed E-state index contributed by atoms with van der Waals surface area (Å²) in [4.78, 5) is 29.8. The zero-order valence-electron chi connectivity index (χ0n) is 13.0. The second-order valence-corrected chi connectivity index (χ2v) is 5.43. The first-order valence-electron chi connectivity index (χ1n) is 6.25. The number of methoxy groups -OCH3 is 1. The minimum absolute atomic E-state index is 0.214. The van der Waals surface area contributed by atoms with Gasteiger partial charge in [0, 0.05) is 32.9 Å². The van der Waals surface area contributed by atoms with Crippen molar-refractivity contribution < 1.29 is 14.3 Å². The minimum atomic E-state index is -0.746. The van der Waals surface area contributed by atoms with Crippen LogP contribution >= 0.6 is 11.8 Å². The van der Waals surface area contributed by atoms with Crippen LogP contribution in [0.25, 0.3) is 0 Å². The number of hydrogen-bond donors (Lipinski definition) is 1. The molecule has 0 spiro atoms. The third-order valence-corrected chi connectivity index (χ3v) is 3.81. The molecule has 7 nitrogen and oxygen atoms in total. The molecule has 0 aliphatic carbocycles. The Labute approximate surface area is 124 Å². The number of thioether (sulfide) groups is 1. The molecule has 8 heteroatoms. The lowest BCUT2D eigenvalue weighted by Crippen LogP contribution is -2.48. The number of hydrogen-bond acceptors (Lipinski definition) is 4. The summed E-state index contributed by atoms with van der Waals surface area (Å²) in [6.45, 7) is 2.64. The van der Waals surface area contributed by atoms with Crippen molar-refractivity contribution in [2.45, 2.75) is 18.6 Å². The number of rotatable bonds is 4. The van der Waals surface area contributed by atoms with E-state index in [1.54, 1.807) is 37.8 Å². The van der Waals surface area contributed by atoms with Crippen molar-refractivity contribution in [3.63, 3.8) is 0 Å². The average molecular weight is 304 g/mol. The largest absolute Gasteiger partial charge is 0.451 e. The third kappa shape index (κ3) is 6.14. The molecule has 0 radical (unpaired) electrons. The molecular formula is C12H24N4O3S. The van der Waals surface area contributed by atoms with Crippen molar-refractivity contribution in [2.75, 3.05) is 41.1 Å². The zero-order valence-corrected chi connectivity index (χ0v) is 13.8. The fraction of sp³-hybridized carbons (Fsp3) is 0.750. The maximum atomic E-state index is 12.0. The number of guanidine groups is 1. The average Bonchev–Trinajstić information content (AvgIpc) is 2.44. The highest BCUT2D eigenvalue weighted by molar-refractivity contribution is 7.99. The topological polar surface area (TPSA) is 74.2 Å². The van der Waals surface area contributed by atoms with Gasteiger partial charge in [-0.15, -0.1) is 4.99 Å². The van der Waals surface area contributed by atoms with Crippen molar-refractivity contribution >= 4 is 29.8 Å². The molecule has 0 saturated carbocycles. The maximum absolute atomic E-state index is 12.0. The molecule has 0 aromatic heterocycles. The van der Waals surface area contributed by atoms with E-state index in [1.807, 2.05) is 6.26 Å². The molecule has 0 aliphatic rings. The molecule has 0 heterocycles. The lowest BCUT2D eigenvalue weighted by Gasteiger charge is -2.25. The Morgan fingerprint density at radius 1 is 1.35 bits per heavy atom. The van der Waals surface area contributed by atoms with Crippen LogP contribution in [-0.2, 0) is 4.74 Å². The van der Waals surface area contributed by atoms with Gasteiger partial charge in [0.1, 0.15) is 0 Å². The van der Waals surface area contributed by atoms with Gasteiger partial charge in [-0.3, -0.25) is 4.90 Å². The fourth-order valence-corrected chi connectivity index (χ4v) is 1.99. The second kappa shape index (κ2) is 9.46. The number of ether oxygens (including phenoxy) is 1. The smallest absolute Gasteiger partial charge is 0.436 e. The van der Waals surface area contributed by atoms with Crippen molar-refractivity contribution in [2.24, 2.45) is 4.99 Å². The summed E-state index contributed by atoms with van der Waals surface area (Å²) in [5, 5.41) is 3.19. The number of carbonyl (C=O) groups is 2. The van der Waals surface area contributed by atoms with Crippen molar-refractivity contribution in [1.29, 1.82) is 0 Å².